The molecule has 0 saturated carbocycles. The Morgan fingerprint density at radius 1 is 1.18 bits per heavy atom. The molecule has 0 atom stereocenters. The van der Waals surface area contributed by atoms with Crippen LogP contribution in [-0.4, -0.2) is 23.9 Å². The number of anilines is 1. The molecule has 0 bridgehead atoms. The lowest BCUT2D eigenvalue weighted by molar-refractivity contribution is -0.136. The highest BCUT2D eigenvalue weighted by Crippen LogP contribution is 2.26. The first-order valence-electron chi connectivity index (χ1n) is 6.42. The maximum absolute atomic E-state index is 11.9. The maximum atomic E-state index is 11.9. The molecule has 22 heavy (non-hydrogen) atoms. The molecule has 114 valence electrons. The number of nitrogens with one attached hydrogen (secondary N) is 2. The van der Waals surface area contributed by atoms with Gasteiger partial charge in [-0.3, -0.25) is 14.6 Å². The number of halogens is 1. The van der Waals surface area contributed by atoms with Crippen LogP contribution >= 0.6 is 11.6 Å². The summed E-state index contributed by atoms with van der Waals surface area (Å²) < 4.78 is 5.04. The van der Waals surface area contributed by atoms with Gasteiger partial charge in [0, 0.05) is 25.0 Å². The Morgan fingerprint density at radius 2 is 1.91 bits per heavy atom. The molecule has 0 aliphatic rings. The lowest BCUT2D eigenvalue weighted by Crippen LogP contribution is -2.35. The molecule has 0 spiro atoms. The fraction of sp³-hybridized carbons (Fsp3) is 0.133. The fourth-order valence-corrected chi connectivity index (χ4v) is 1.83. The zero-order valence-electron chi connectivity index (χ0n) is 11.8. The predicted molar refractivity (Wildman–Crippen MR) is 82.7 cm³/mol. The Kier molecular flexibility index (Phi) is 5.32. The van der Waals surface area contributed by atoms with E-state index in [9.17, 15) is 9.59 Å². The molecule has 0 aliphatic heterocycles. The molecule has 6 nitrogen and oxygen atoms in total. The monoisotopic (exact) mass is 319 g/mol. The lowest BCUT2D eigenvalue weighted by Gasteiger charge is -2.09. The number of ether oxygens (including phenoxy) is 1. The van der Waals surface area contributed by atoms with Crippen molar-refractivity contribution in [1.29, 1.82) is 0 Å². The molecular weight excluding hydrogens is 306 g/mol. The second kappa shape index (κ2) is 7.42. The second-order valence-corrected chi connectivity index (χ2v) is 4.75. The molecule has 0 aliphatic carbocycles. The minimum absolute atomic E-state index is 0.237. The third-order valence-corrected chi connectivity index (χ3v) is 3.16. The van der Waals surface area contributed by atoms with Crippen LogP contribution in [0.15, 0.2) is 42.7 Å². The first kappa shape index (κ1) is 15.8. The van der Waals surface area contributed by atoms with Crippen molar-refractivity contribution in [1.82, 2.24) is 10.3 Å². The van der Waals surface area contributed by atoms with E-state index in [0.717, 1.165) is 5.56 Å². The summed E-state index contributed by atoms with van der Waals surface area (Å²) in [5.74, 6) is -1.03. The second-order valence-electron chi connectivity index (χ2n) is 4.34. The average Bonchev–Trinajstić information content (AvgIpc) is 2.55. The van der Waals surface area contributed by atoms with Gasteiger partial charge in [0.1, 0.15) is 5.75 Å². The molecule has 7 heteroatoms. The molecule has 1 aromatic carbocycles. The predicted octanol–water partition coefficient (Wildman–Crippen LogP) is 2.00. The van der Waals surface area contributed by atoms with Crippen LogP contribution in [0.4, 0.5) is 5.69 Å². The van der Waals surface area contributed by atoms with Gasteiger partial charge in [0.15, 0.2) is 0 Å². The zero-order chi connectivity index (χ0) is 15.9. The molecule has 2 N–H and O–H groups in total. The van der Waals surface area contributed by atoms with Crippen molar-refractivity contribution in [2.24, 2.45) is 0 Å². The van der Waals surface area contributed by atoms with Crippen LogP contribution < -0.4 is 15.4 Å². The van der Waals surface area contributed by atoms with Gasteiger partial charge in [0.2, 0.25) is 0 Å². The van der Waals surface area contributed by atoms with Gasteiger partial charge in [-0.15, -0.1) is 0 Å². The Labute approximate surface area is 132 Å². The van der Waals surface area contributed by atoms with Crippen molar-refractivity contribution in [3.05, 3.63) is 53.3 Å². The summed E-state index contributed by atoms with van der Waals surface area (Å²) >= 11 is 5.97. The molecule has 2 aromatic rings. The first-order valence-corrected chi connectivity index (χ1v) is 6.79. The summed E-state index contributed by atoms with van der Waals surface area (Å²) in [5, 5.41) is 5.28. The quantitative estimate of drug-likeness (QED) is 0.845. The van der Waals surface area contributed by atoms with Gasteiger partial charge < -0.3 is 15.4 Å². The summed E-state index contributed by atoms with van der Waals surface area (Å²) in [6.07, 6.45) is 3.22. The van der Waals surface area contributed by atoms with E-state index in [1.54, 1.807) is 36.7 Å². The van der Waals surface area contributed by atoms with E-state index in [-0.39, 0.29) is 6.54 Å². The van der Waals surface area contributed by atoms with Crippen molar-refractivity contribution in [2.45, 2.75) is 6.54 Å². The smallest absolute Gasteiger partial charge is 0.313 e. The third-order valence-electron chi connectivity index (χ3n) is 2.83. The highest BCUT2D eigenvalue weighted by atomic mass is 35.5. The Balaban J connectivity index is 1.95. The number of nitrogens with zero attached hydrogens (tertiary/aromatic N) is 1. The number of pyridine rings is 1. The van der Waals surface area contributed by atoms with Crippen LogP contribution in [0.2, 0.25) is 5.02 Å². The van der Waals surface area contributed by atoms with E-state index < -0.39 is 11.8 Å². The van der Waals surface area contributed by atoms with Crippen molar-refractivity contribution in [2.75, 3.05) is 12.4 Å². The number of rotatable bonds is 4. The van der Waals surface area contributed by atoms with Gasteiger partial charge in [-0.05, 0) is 29.8 Å². The van der Waals surface area contributed by atoms with Gasteiger partial charge >= 0.3 is 11.8 Å². The Hall–Kier alpha value is -2.60. The average molecular weight is 320 g/mol. The summed E-state index contributed by atoms with van der Waals surface area (Å²) in [7, 11) is 1.50. The summed E-state index contributed by atoms with van der Waals surface area (Å²) in [5.41, 5.74) is 1.15. The van der Waals surface area contributed by atoms with Crippen LogP contribution in [0.1, 0.15) is 5.56 Å². The normalized spacial score (nSPS) is 9.91. The SMILES string of the molecule is COc1ccc(Cl)c(NC(=O)C(=O)NCc2ccncc2)c1. The lowest BCUT2D eigenvalue weighted by atomic mass is 10.2. The van der Waals surface area contributed by atoms with Crippen LogP contribution in [0.3, 0.4) is 0 Å². The first-order chi connectivity index (χ1) is 10.6. The molecular formula is C15H14ClN3O3. The Morgan fingerprint density at radius 3 is 2.59 bits per heavy atom. The van der Waals surface area contributed by atoms with Crippen LogP contribution in [0.5, 0.6) is 5.75 Å². The van der Waals surface area contributed by atoms with Crippen molar-refractivity contribution in [3.8, 4) is 5.75 Å². The van der Waals surface area contributed by atoms with Gasteiger partial charge in [-0.2, -0.15) is 0 Å². The molecule has 2 amide bonds. The van der Waals surface area contributed by atoms with Gasteiger partial charge in [-0.25, -0.2) is 0 Å². The van der Waals surface area contributed by atoms with Crippen molar-refractivity contribution in [3.63, 3.8) is 0 Å². The number of methoxy groups -OCH3 is 1. The minimum atomic E-state index is -0.802. The van der Waals surface area contributed by atoms with Gasteiger partial charge in [0.25, 0.3) is 0 Å². The van der Waals surface area contributed by atoms with E-state index in [4.69, 9.17) is 16.3 Å². The van der Waals surface area contributed by atoms with E-state index >= 15 is 0 Å². The van der Waals surface area contributed by atoms with E-state index in [0.29, 0.717) is 16.5 Å². The number of amides is 2. The minimum Gasteiger partial charge on any atom is -0.497 e. The number of carbonyl (C=O) groups excluding carboxylic acids is 2. The van der Waals surface area contributed by atoms with Crippen molar-refractivity contribution < 1.29 is 14.3 Å². The fourth-order valence-electron chi connectivity index (χ4n) is 1.67. The zero-order valence-corrected chi connectivity index (χ0v) is 12.6. The van der Waals surface area contributed by atoms with Crippen molar-refractivity contribution >= 4 is 29.1 Å². The molecule has 2 rings (SSSR count). The summed E-state index contributed by atoms with van der Waals surface area (Å²) in [4.78, 5) is 27.5. The molecule has 1 aromatic heterocycles. The number of carbonyl (C=O) groups is 2. The highest BCUT2D eigenvalue weighted by Gasteiger charge is 2.15. The number of hydrogen-bond donors (Lipinski definition) is 2. The maximum Gasteiger partial charge on any atom is 0.313 e. The number of hydrogen-bond acceptors (Lipinski definition) is 4. The number of aromatic nitrogens is 1. The molecule has 0 radical (unpaired) electrons. The summed E-state index contributed by atoms with van der Waals surface area (Å²) in [6, 6.07) is 8.26. The van der Waals surface area contributed by atoms with Crippen LogP contribution in [0, 0.1) is 0 Å². The van der Waals surface area contributed by atoms with E-state index in [1.165, 1.54) is 13.2 Å². The van der Waals surface area contributed by atoms with E-state index in [1.807, 2.05) is 0 Å². The van der Waals surface area contributed by atoms with Crippen LogP contribution in [0.25, 0.3) is 0 Å². The Bertz CT molecular complexity index is 677. The topological polar surface area (TPSA) is 80.3 Å². The van der Waals surface area contributed by atoms with E-state index in [2.05, 4.69) is 15.6 Å². The van der Waals surface area contributed by atoms with Gasteiger partial charge in [0.05, 0.1) is 17.8 Å². The molecule has 1 heterocycles. The highest BCUT2D eigenvalue weighted by molar-refractivity contribution is 6.41. The largest absolute Gasteiger partial charge is 0.497 e. The third kappa shape index (κ3) is 4.20. The standard InChI is InChI=1S/C15H14ClN3O3/c1-22-11-2-3-12(16)13(8-11)19-15(21)14(20)18-9-10-4-6-17-7-5-10/h2-8H,9H2,1H3,(H,18,20)(H,19,21). The van der Waals surface area contributed by atoms with Crippen LogP contribution in [-0.2, 0) is 16.1 Å². The molecule has 0 fully saturated rings. The molecule has 0 saturated heterocycles. The summed E-state index contributed by atoms with van der Waals surface area (Å²) in [6.45, 7) is 0.237. The van der Waals surface area contributed by atoms with Gasteiger partial charge in [-0.1, -0.05) is 11.6 Å². The molecule has 0 unspecified atom stereocenters. The number of benzene rings is 1.